The van der Waals surface area contributed by atoms with Crippen molar-refractivity contribution in [2.75, 3.05) is 22.9 Å². The fourth-order valence-corrected chi connectivity index (χ4v) is 6.33. The molecule has 2 saturated heterocycles. The summed E-state index contributed by atoms with van der Waals surface area (Å²) in [5.41, 5.74) is 3.66. The van der Waals surface area contributed by atoms with Crippen LogP contribution in [0.5, 0.6) is 0 Å². The Morgan fingerprint density at radius 3 is 2.46 bits per heavy atom. The molecule has 9 heteroatoms. The van der Waals surface area contributed by atoms with Crippen molar-refractivity contribution in [2.24, 2.45) is 5.92 Å². The van der Waals surface area contributed by atoms with Crippen molar-refractivity contribution in [1.82, 2.24) is 10.3 Å². The highest BCUT2D eigenvalue weighted by Crippen LogP contribution is 2.44. The zero-order valence-corrected chi connectivity index (χ0v) is 24.4. The number of furan rings is 1. The molecule has 4 aromatic rings. The summed E-state index contributed by atoms with van der Waals surface area (Å²) >= 11 is 25.2. The molecule has 2 atom stereocenters. The minimum absolute atomic E-state index is 0.228. The second-order valence-electron chi connectivity index (χ2n) is 10.1. The standard InChI is InChI=1S/C30H27Cl3N4OS/c1-18-11-14-36(15-12-18)25-8-6-20(17-23(25)33)37-29(28(35-30(37)39)24-4-2-3-13-34-24)27-10-9-26(38-27)19-5-7-21(31)22(32)16-19/h2-10,13,16-18,28-29H,11-12,14-15H2,1H3,(H,35,39). The third-order valence-corrected chi connectivity index (χ3v) is 8.91. The predicted molar refractivity (Wildman–Crippen MR) is 164 cm³/mol. The summed E-state index contributed by atoms with van der Waals surface area (Å²) in [6.07, 6.45) is 4.13. The lowest BCUT2D eigenvalue weighted by Crippen LogP contribution is -2.33. The highest BCUT2D eigenvalue weighted by Gasteiger charge is 2.42. The zero-order chi connectivity index (χ0) is 27.1. The Hall–Kier alpha value is -2.77. The highest BCUT2D eigenvalue weighted by atomic mass is 35.5. The predicted octanol–water partition coefficient (Wildman–Crippen LogP) is 8.72. The van der Waals surface area contributed by atoms with Crippen LogP contribution in [0.25, 0.3) is 11.3 Å². The fourth-order valence-electron chi connectivity index (χ4n) is 5.39. The van der Waals surface area contributed by atoms with Crippen LogP contribution in [0.1, 0.15) is 43.3 Å². The zero-order valence-electron chi connectivity index (χ0n) is 21.3. The number of halogens is 3. The number of nitrogens with zero attached hydrogens (tertiary/aromatic N) is 3. The summed E-state index contributed by atoms with van der Waals surface area (Å²) in [7, 11) is 0. The molecule has 0 amide bonds. The maximum absolute atomic E-state index is 6.89. The lowest BCUT2D eigenvalue weighted by atomic mass is 9.98. The molecule has 1 N–H and O–H groups in total. The first-order chi connectivity index (χ1) is 18.9. The van der Waals surface area contributed by atoms with Crippen LogP contribution in [-0.2, 0) is 0 Å². The molecule has 2 aliphatic rings. The van der Waals surface area contributed by atoms with E-state index in [9.17, 15) is 0 Å². The van der Waals surface area contributed by atoms with Crippen molar-refractivity contribution in [1.29, 1.82) is 0 Å². The maximum Gasteiger partial charge on any atom is 0.174 e. The molecule has 2 fully saturated rings. The van der Waals surface area contributed by atoms with Gasteiger partial charge in [-0.1, -0.05) is 47.8 Å². The minimum atomic E-state index is -0.290. The van der Waals surface area contributed by atoms with Crippen LogP contribution in [0.2, 0.25) is 15.1 Å². The van der Waals surface area contributed by atoms with Gasteiger partial charge in [-0.25, -0.2) is 0 Å². The number of anilines is 2. The van der Waals surface area contributed by atoms with Crippen LogP contribution >= 0.6 is 47.0 Å². The molecule has 2 aromatic carbocycles. The Morgan fingerprint density at radius 2 is 1.74 bits per heavy atom. The van der Waals surface area contributed by atoms with Gasteiger partial charge in [-0.15, -0.1) is 0 Å². The SMILES string of the molecule is CC1CCN(c2ccc(N3C(=S)NC(c4ccccn4)C3c3ccc(-c4ccc(Cl)c(Cl)c4)o3)cc2Cl)CC1. The minimum Gasteiger partial charge on any atom is -0.459 e. The number of rotatable bonds is 5. The molecule has 6 rings (SSSR count). The molecule has 0 bridgehead atoms. The molecule has 2 aromatic heterocycles. The van der Waals surface area contributed by atoms with Crippen LogP contribution in [0.4, 0.5) is 11.4 Å². The van der Waals surface area contributed by atoms with Crippen LogP contribution in [0, 0.1) is 5.92 Å². The molecular formula is C30H27Cl3N4OS. The van der Waals surface area contributed by atoms with E-state index in [1.807, 2.05) is 42.5 Å². The average Bonchev–Trinajstić information content (AvgIpc) is 3.56. The molecular weight excluding hydrogens is 571 g/mol. The number of aromatic nitrogens is 1. The molecule has 5 nitrogen and oxygen atoms in total. The number of benzene rings is 2. The van der Waals surface area contributed by atoms with E-state index in [-0.39, 0.29) is 12.1 Å². The summed E-state index contributed by atoms with van der Waals surface area (Å²) in [5, 5.41) is 5.74. The van der Waals surface area contributed by atoms with Crippen LogP contribution in [0.3, 0.4) is 0 Å². The van der Waals surface area contributed by atoms with E-state index in [0.717, 1.165) is 47.4 Å². The first-order valence-electron chi connectivity index (χ1n) is 13.0. The quantitative estimate of drug-likeness (QED) is 0.232. The van der Waals surface area contributed by atoms with Gasteiger partial charge in [-0.3, -0.25) is 4.98 Å². The number of nitrogens with one attached hydrogen (secondary N) is 1. The normalized spacial score (nSPS) is 19.9. The molecule has 2 aliphatic heterocycles. The molecule has 0 saturated carbocycles. The summed E-state index contributed by atoms with van der Waals surface area (Å²) in [5.74, 6) is 2.18. The Labute approximate surface area is 248 Å². The second-order valence-corrected chi connectivity index (χ2v) is 11.7. The monoisotopic (exact) mass is 596 g/mol. The Morgan fingerprint density at radius 1 is 0.923 bits per heavy atom. The third kappa shape index (κ3) is 5.23. The number of piperidine rings is 1. The third-order valence-electron chi connectivity index (χ3n) is 7.55. The topological polar surface area (TPSA) is 44.5 Å². The smallest absolute Gasteiger partial charge is 0.174 e. The molecule has 0 radical (unpaired) electrons. The van der Waals surface area contributed by atoms with E-state index in [1.165, 1.54) is 12.8 Å². The molecule has 2 unspecified atom stereocenters. The van der Waals surface area contributed by atoms with Crippen molar-refractivity contribution in [3.8, 4) is 11.3 Å². The Kier molecular flexibility index (Phi) is 7.47. The van der Waals surface area contributed by atoms with Crippen molar-refractivity contribution in [3.05, 3.63) is 99.4 Å². The van der Waals surface area contributed by atoms with E-state index in [4.69, 9.17) is 51.4 Å². The van der Waals surface area contributed by atoms with Gasteiger partial charge in [-0.2, -0.15) is 0 Å². The van der Waals surface area contributed by atoms with Crippen molar-refractivity contribution in [2.45, 2.75) is 31.8 Å². The van der Waals surface area contributed by atoms with Gasteiger partial charge < -0.3 is 19.5 Å². The lowest BCUT2D eigenvalue weighted by molar-refractivity contribution is 0.438. The summed E-state index contributed by atoms with van der Waals surface area (Å²) in [4.78, 5) is 9.07. The Balaban J connectivity index is 1.38. The van der Waals surface area contributed by atoms with E-state index in [2.05, 4.69) is 39.2 Å². The van der Waals surface area contributed by atoms with E-state index >= 15 is 0 Å². The van der Waals surface area contributed by atoms with E-state index in [1.54, 1.807) is 18.3 Å². The average molecular weight is 598 g/mol. The highest BCUT2D eigenvalue weighted by molar-refractivity contribution is 7.80. The molecule has 0 aliphatic carbocycles. The number of thiocarbonyl (C=S) groups is 1. The lowest BCUT2D eigenvalue weighted by Gasteiger charge is -2.33. The van der Waals surface area contributed by atoms with Crippen molar-refractivity contribution >= 4 is 63.5 Å². The largest absolute Gasteiger partial charge is 0.459 e. The first kappa shape index (κ1) is 26.5. The first-order valence-corrected chi connectivity index (χ1v) is 14.5. The molecule has 0 spiro atoms. The van der Waals surface area contributed by atoms with Crippen LogP contribution < -0.4 is 15.1 Å². The number of hydrogen-bond donors (Lipinski definition) is 1. The van der Waals surface area contributed by atoms with Crippen LogP contribution in [0.15, 0.2) is 77.3 Å². The van der Waals surface area contributed by atoms with Gasteiger partial charge in [0.15, 0.2) is 5.11 Å². The fraction of sp³-hybridized carbons (Fsp3) is 0.267. The number of pyridine rings is 1. The molecule has 200 valence electrons. The van der Waals surface area contributed by atoms with Crippen molar-refractivity contribution < 1.29 is 4.42 Å². The van der Waals surface area contributed by atoms with Gasteiger partial charge in [-0.05, 0) is 91.6 Å². The van der Waals surface area contributed by atoms with Crippen molar-refractivity contribution in [3.63, 3.8) is 0 Å². The maximum atomic E-state index is 6.89. The Bertz CT molecular complexity index is 1500. The van der Waals surface area contributed by atoms with Gasteiger partial charge >= 0.3 is 0 Å². The molecule has 39 heavy (non-hydrogen) atoms. The number of hydrogen-bond acceptors (Lipinski definition) is 4. The molecule has 4 heterocycles. The summed E-state index contributed by atoms with van der Waals surface area (Å²) < 4.78 is 6.45. The van der Waals surface area contributed by atoms with Gasteiger partial charge in [0, 0.05) is 30.5 Å². The van der Waals surface area contributed by atoms with Gasteiger partial charge in [0.2, 0.25) is 0 Å². The van der Waals surface area contributed by atoms with E-state index in [0.29, 0.717) is 25.9 Å². The summed E-state index contributed by atoms with van der Waals surface area (Å²) in [6.45, 7) is 4.33. The van der Waals surface area contributed by atoms with Crippen LogP contribution in [-0.4, -0.2) is 23.2 Å². The van der Waals surface area contributed by atoms with Gasteiger partial charge in [0.1, 0.15) is 17.6 Å². The van der Waals surface area contributed by atoms with Gasteiger partial charge in [0.05, 0.1) is 32.5 Å². The van der Waals surface area contributed by atoms with E-state index < -0.39 is 0 Å². The van der Waals surface area contributed by atoms with Gasteiger partial charge in [0.25, 0.3) is 0 Å². The second kappa shape index (κ2) is 11.0. The summed E-state index contributed by atoms with van der Waals surface area (Å²) in [6, 6.07) is 20.9.